The van der Waals surface area contributed by atoms with Crippen LogP contribution in [0.1, 0.15) is 45.3 Å². The third kappa shape index (κ3) is 2.86. The quantitative estimate of drug-likeness (QED) is 0.560. The van der Waals surface area contributed by atoms with Crippen LogP contribution in [0.2, 0.25) is 0 Å². The van der Waals surface area contributed by atoms with Gasteiger partial charge < -0.3 is 4.74 Å². The molecule has 0 spiro atoms. The lowest BCUT2D eigenvalue weighted by atomic mass is 9.86. The largest absolute Gasteiger partial charge is 0.373 e. The predicted molar refractivity (Wildman–Crippen MR) is 68.2 cm³/mol. The second-order valence-corrected chi connectivity index (χ2v) is 4.22. The molecular weight excluding hydrogens is 216 g/mol. The number of hydrogen-bond acceptors (Lipinski definition) is 4. The van der Waals surface area contributed by atoms with E-state index in [0.717, 1.165) is 18.5 Å². The molecule has 5 nitrogen and oxygen atoms in total. The average Bonchev–Trinajstić information content (AvgIpc) is 2.75. The van der Waals surface area contributed by atoms with Crippen LogP contribution in [0.15, 0.2) is 12.3 Å². The van der Waals surface area contributed by atoms with E-state index in [9.17, 15) is 0 Å². The Morgan fingerprint density at radius 1 is 1.47 bits per heavy atom. The lowest BCUT2D eigenvalue weighted by Gasteiger charge is -2.38. The summed E-state index contributed by atoms with van der Waals surface area (Å²) in [5, 5.41) is 4.42. The molecule has 0 saturated heterocycles. The van der Waals surface area contributed by atoms with Gasteiger partial charge in [-0.1, -0.05) is 13.8 Å². The Hall–Kier alpha value is -0.910. The van der Waals surface area contributed by atoms with Crippen LogP contribution in [0.4, 0.5) is 0 Å². The molecule has 1 atom stereocenters. The van der Waals surface area contributed by atoms with Crippen molar-refractivity contribution < 1.29 is 4.74 Å². The Bertz CT molecular complexity index is 333. The lowest BCUT2D eigenvalue weighted by Crippen LogP contribution is -2.48. The van der Waals surface area contributed by atoms with Gasteiger partial charge in [0.2, 0.25) is 0 Å². The number of hydrazine groups is 1. The molecule has 0 aliphatic rings. The van der Waals surface area contributed by atoms with Gasteiger partial charge in [0, 0.05) is 19.9 Å². The molecule has 1 aromatic heterocycles. The van der Waals surface area contributed by atoms with Crippen LogP contribution < -0.4 is 11.3 Å². The highest BCUT2D eigenvalue weighted by molar-refractivity contribution is 5.11. The zero-order chi connectivity index (χ0) is 12.9. The number of aryl methyl sites for hydroxylation is 1. The van der Waals surface area contributed by atoms with Gasteiger partial charge in [-0.05, 0) is 25.8 Å². The summed E-state index contributed by atoms with van der Waals surface area (Å²) >= 11 is 0. The number of nitrogens with one attached hydrogen (secondary N) is 1. The lowest BCUT2D eigenvalue weighted by molar-refractivity contribution is -0.0744. The Kier molecular flexibility index (Phi) is 5.11. The van der Waals surface area contributed by atoms with Gasteiger partial charge in [0.15, 0.2) is 0 Å². The SMILES string of the molecule is CCOC(CC)(CC)C(NN)c1ccn(C)n1. The Labute approximate surface area is 103 Å². The summed E-state index contributed by atoms with van der Waals surface area (Å²) in [6.07, 6.45) is 3.70. The third-order valence-electron chi connectivity index (χ3n) is 3.35. The van der Waals surface area contributed by atoms with Gasteiger partial charge in [-0.25, -0.2) is 5.43 Å². The highest BCUT2D eigenvalue weighted by Crippen LogP contribution is 2.34. The van der Waals surface area contributed by atoms with Crippen molar-refractivity contribution in [3.8, 4) is 0 Å². The minimum Gasteiger partial charge on any atom is -0.373 e. The Balaban J connectivity index is 3.04. The fraction of sp³-hybridized carbons (Fsp3) is 0.750. The van der Waals surface area contributed by atoms with Gasteiger partial charge in [-0.2, -0.15) is 5.10 Å². The molecular formula is C12H24N4O. The van der Waals surface area contributed by atoms with Gasteiger partial charge in [0.25, 0.3) is 0 Å². The van der Waals surface area contributed by atoms with Crippen LogP contribution in [0, 0.1) is 0 Å². The predicted octanol–water partition coefficient (Wildman–Crippen LogP) is 1.52. The molecule has 0 saturated carbocycles. The van der Waals surface area contributed by atoms with E-state index in [2.05, 4.69) is 24.4 Å². The van der Waals surface area contributed by atoms with E-state index in [1.54, 1.807) is 4.68 Å². The van der Waals surface area contributed by atoms with E-state index < -0.39 is 0 Å². The van der Waals surface area contributed by atoms with Crippen LogP contribution in [0.25, 0.3) is 0 Å². The molecule has 3 N–H and O–H groups in total. The summed E-state index contributed by atoms with van der Waals surface area (Å²) in [5.41, 5.74) is 3.49. The maximum absolute atomic E-state index is 5.95. The summed E-state index contributed by atoms with van der Waals surface area (Å²) in [6, 6.07) is 1.89. The summed E-state index contributed by atoms with van der Waals surface area (Å²) in [7, 11) is 1.90. The summed E-state index contributed by atoms with van der Waals surface area (Å²) < 4.78 is 7.73. The number of ether oxygens (including phenoxy) is 1. The van der Waals surface area contributed by atoms with Crippen molar-refractivity contribution in [1.29, 1.82) is 0 Å². The van der Waals surface area contributed by atoms with Crippen LogP contribution in [0.3, 0.4) is 0 Å². The van der Waals surface area contributed by atoms with Crippen LogP contribution in [0.5, 0.6) is 0 Å². The molecule has 0 amide bonds. The summed E-state index contributed by atoms with van der Waals surface area (Å²) in [4.78, 5) is 0. The van der Waals surface area contributed by atoms with E-state index in [1.807, 2.05) is 26.2 Å². The monoisotopic (exact) mass is 240 g/mol. The molecule has 1 aromatic rings. The smallest absolute Gasteiger partial charge is 0.0939 e. The fourth-order valence-corrected chi connectivity index (χ4v) is 2.33. The van der Waals surface area contributed by atoms with E-state index in [0.29, 0.717) is 6.61 Å². The summed E-state index contributed by atoms with van der Waals surface area (Å²) in [6.45, 7) is 6.91. The molecule has 5 heteroatoms. The fourth-order valence-electron chi connectivity index (χ4n) is 2.33. The molecule has 17 heavy (non-hydrogen) atoms. The maximum atomic E-state index is 5.95. The first-order chi connectivity index (χ1) is 8.13. The normalized spacial score (nSPS) is 13.9. The second kappa shape index (κ2) is 6.14. The van der Waals surface area contributed by atoms with Crippen molar-refractivity contribution in [2.24, 2.45) is 12.9 Å². The Morgan fingerprint density at radius 3 is 2.47 bits per heavy atom. The number of nitrogens with zero attached hydrogens (tertiary/aromatic N) is 2. The highest BCUT2D eigenvalue weighted by Gasteiger charge is 2.38. The Morgan fingerprint density at radius 2 is 2.12 bits per heavy atom. The molecule has 98 valence electrons. The van der Waals surface area contributed by atoms with E-state index in [-0.39, 0.29) is 11.6 Å². The second-order valence-electron chi connectivity index (χ2n) is 4.22. The first-order valence-electron chi connectivity index (χ1n) is 6.23. The van der Waals surface area contributed by atoms with E-state index in [1.165, 1.54) is 0 Å². The van der Waals surface area contributed by atoms with Crippen LogP contribution in [-0.2, 0) is 11.8 Å². The standard InChI is InChI=1S/C12H24N4O/c1-5-12(6-2,17-7-3)11(14-13)10-8-9-16(4)15-10/h8-9,11,14H,5-7,13H2,1-4H3. The third-order valence-corrected chi connectivity index (χ3v) is 3.35. The highest BCUT2D eigenvalue weighted by atomic mass is 16.5. The van der Waals surface area contributed by atoms with Gasteiger partial charge in [-0.15, -0.1) is 0 Å². The molecule has 0 aliphatic carbocycles. The van der Waals surface area contributed by atoms with Crippen molar-refractivity contribution in [2.75, 3.05) is 6.61 Å². The van der Waals surface area contributed by atoms with Crippen molar-refractivity contribution in [3.63, 3.8) is 0 Å². The zero-order valence-corrected chi connectivity index (χ0v) is 11.2. The first kappa shape index (κ1) is 14.2. The molecule has 1 unspecified atom stereocenters. The molecule has 1 heterocycles. The minimum atomic E-state index is -0.294. The van der Waals surface area contributed by atoms with E-state index in [4.69, 9.17) is 10.6 Å². The average molecular weight is 240 g/mol. The van der Waals surface area contributed by atoms with Gasteiger partial charge in [0.05, 0.1) is 17.3 Å². The first-order valence-corrected chi connectivity index (χ1v) is 6.23. The molecule has 1 rings (SSSR count). The molecule has 0 fully saturated rings. The number of rotatable bonds is 7. The van der Waals surface area contributed by atoms with Crippen molar-refractivity contribution in [1.82, 2.24) is 15.2 Å². The number of hydrogen-bond donors (Lipinski definition) is 2. The van der Waals surface area contributed by atoms with Gasteiger partial charge >= 0.3 is 0 Å². The zero-order valence-electron chi connectivity index (χ0n) is 11.2. The van der Waals surface area contributed by atoms with Crippen LogP contribution >= 0.6 is 0 Å². The van der Waals surface area contributed by atoms with Crippen molar-refractivity contribution in [2.45, 2.75) is 45.3 Å². The van der Waals surface area contributed by atoms with Crippen molar-refractivity contribution in [3.05, 3.63) is 18.0 Å². The van der Waals surface area contributed by atoms with E-state index >= 15 is 0 Å². The molecule has 0 bridgehead atoms. The number of aromatic nitrogens is 2. The topological polar surface area (TPSA) is 65.1 Å². The molecule has 0 aromatic carbocycles. The minimum absolute atomic E-state index is 0.0846. The molecule has 0 aliphatic heterocycles. The van der Waals surface area contributed by atoms with Gasteiger partial charge in [0.1, 0.15) is 0 Å². The van der Waals surface area contributed by atoms with Crippen molar-refractivity contribution >= 4 is 0 Å². The van der Waals surface area contributed by atoms with Gasteiger partial charge in [-0.3, -0.25) is 10.5 Å². The van der Waals surface area contributed by atoms with Crippen LogP contribution in [-0.4, -0.2) is 22.0 Å². The molecule has 0 radical (unpaired) electrons. The number of nitrogens with two attached hydrogens (primary N) is 1. The maximum Gasteiger partial charge on any atom is 0.0939 e. The summed E-state index contributed by atoms with van der Waals surface area (Å²) in [5.74, 6) is 5.70.